The third-order valence-corrected chi connectivity index (χ3v) is 3.00. The van der Waals surface area contributed by atoms with Crippen LogP contribution in [0, 0.1) is 6.92 Å². The summed E-state index contributed by atoms with van der Waals surface area (Å²) in [5.74, 6) is 1.35. The summed E-state index contributed by atoms with van der Waals surface area (Å²) in [5, 5.41) is 16.0. The van der Waals surface area contributed by atoms with E-state index in [9.17, 15) is 4.79 Å². The zero-order chi connectivity index (χ0) is 13.2. The van der Waals surface area contributed by atoms with E-state index in [-0.39, 0.29) is 11.2 Å². The summed E-state index contributed by atoms with van der Waals surface area (Å²) >= 11 is 0. The topological polar surface area (TPSA) is 68.6 Å². The number of allylic oxidation sites excluding steroid dienone is 4. The van der Waals surface area contributed by atoms with Gasteiger partial charge in [0, 0.05) is 6.42 Å². The Morgan fingerprint density at radius 1 is 1.33 bits per heavy atom. The molecular formula is C13H16N4O. The van der Waals surface area contributed by atoms with Gasteiger partial charge in [0.05, 0.1) is 5.41 Å². The van der Waals surface area contributed by atoms with E-state index in [0.717, 1.165) is 12.0 Å². The Balaban J connectivity index is 2.17. The fraction of sp³-hybridized carbons (Fsp3) is 0.462. The molecule has 0 spiro atoms. The summed E-state index contributed by atoms with van der Waals surface area (Å²) < 4.78 is 0. The van der Waals surface area contributed by atoms with E-state index in [4.69, 9.17) is 0 Å². The quantitative estimate of drug-likeness (QED) is 0.809. The Bertz CT molecular complexity index is 518. The predicted molar refractivity (Wildman–Crippen MR) is 66.8 cm³/mol. The lowest BCUT2D eigenvalue weighted by Gasteiger charge is -2.25. The zero-order valence-corrected chi connectivity index (χ0v) is 10.8. The minimum Gasteiger partial charge on any atom is -0.300 e. The summed E-state index contributed by atoms with van der Waals surface area (Å²) in [7, 11) is 0. The third-order valence-electron chi connectivity index (χ3n) is 3.00. The van der Waals surface area contributed by atoms with Crippen LogP contribution < -0.4 is 0 Å². The van der Waals surface area contributed by atoms with Gasteiger partial charge in [-0.25, -0.2) is 0 Å². The van der Waals surface area contributed by atoms with Gasteiger partial charge in [-0.05, 0) is 32.8 Å². The lowest BCUT2D eigenvalue weighted by molar-refractivity contribution is -0.116. The van der Waals surface area contributed by atoms with Crippen molar-refractivity contribution in [1.29, 1.82) is 0 Å². The normalized spacial score (nSPS) is 22.7. The van der Waals surface area contributed by atoms with Crippen LogP contribution in [0.4, 0.5) is 0 Å². The number of hydrogen-bond donors (Lipinski definition) is 0. The molecule has 2 rings (SSSR count). The second kappa shape index (κ2) is 4.76. The van der Waals surface area contributed by atoms with Gasteiger partial charge < -0.3 is 0 Å². The maximum absolute atomic E-state index is 11.1. The van der Waals surface area contributed by atoms with Crippen LogP contribution in [0.3, 0.4) is 0 Å². The highest BCUT2D eigenvalue weighted by Crippen LogP contribution is 2.31. The maximum Gasteiger partial charge on any atom is 0.183 e. The van der Waals surface area contributed by atoms with Crippen LogP contribution >= 0.6 is 0 Å². The van der Waals surface area contributed by atoms with Crippen LogP contribution in [-0.2, 0) is 10.2 Å². The van der Waals surface area contributed by atoms with E-state index >= 15 is 0 Å². The molecular weight excluding hydrogens is 228 g/mol. The van der Waals surface area contributed by atoms with Gasteiger partial charge in [-0.15, -0.1) is 20.4 Å². The molecule has 5 heteroatoms. The average molecular weight is 244 g/mol. The van der Waals surface area contributed by atoms with E-state index in [1.54, 1.807) is 13.8 Å². The molecule has 0 saturated heterocycles. The molecule has 1 aromatic rings. The van der Waals surface area contributed by atoms with Gasteiger partial charge in [0.1, 0.15) is 5.78 Å². The van der Waals surface area contributed by atoms with Crippen molar-refractivity contribution in [3.63, 3.8) is 0 Å². The molecule has 1 aromatic heterocycles. The number of hydrogen-bond acceptors (Lipinski definition) is 5. The number of aryl methyl sites for hydroxylation is 1. The van der Waals surface area contributed by atoms with Gasteiger partial charge >= 0.3 is 0 Å². The molecule has 0 amide bonds. The maximum atomic E-state index is 11.1. The van der Waals surface area contributed by atoms with Crippen molar-refractivity contribution in [3.8, 4) is 0 Å². The van der Waals surface area contributed by atoms with Crippen molar-refractivity contribution >= 4 is 5.78 Å². The van der Waals surface area contributed by atoms with Crippen molar-refractivity contribution in [1.82, 2.24) is 20.4 Å². The Hall–Kier alpha value is -1.91. The molecule has 1 unspecified atom stereocenters. The lowest BCUT2D eigenvalue weighted by atomic mass is 9.80. The highest BCUT2D eigenvalue weighted by molar-refractivity contribution is 5.78. The van der Waals surface area contributed by atoms with Crippen molar-refractivity contribution in [2.45, 2.75) is 39.0 Å². The molecule has 1 atom stereocenters. The van der Waals surface area contributed by atoms with Gasteiger partial charge in [-0.2, -0.15) is 0 Å². The Kier molecular flexibility index (Phi) is 3.32. The fourth-order valence-corrected chi connectivity index (χ4v) is 1.86. The van der Waals surface area contributed by atoms with Gasteiger partial charge in [-0.3, -0.25) is 4.79 Å². The molecule has 0 aromatic carbocycles. The van der Waals surface area contributed by atoms with Gasteiger partial charge in [-0.1, -0.05) is 18.2 Å². The summed E-state index contributed by atoms with van der Waals surface area (Å²) in [6.07, 6.45) is 7.30. The van der Waals surface area contributed by atoms with E-state index in [0.29, 0.717) is 18.1 Å². The molecule has 0 aliphatic heterocycles. The van der Waals surface area contributed by atoms with Gasteiger partial charge in [0.15, 0.2) is 11.6 Å². The second-order valence-corrected chi connectivity index (χ2v) is 4.88. The van der Waals surface area contributed by atoms with Crippen LogP contribution in [-0.4, -0.2) is 26.2 Å². The molecule has 1 aliphatic carbocycles. The Morgan fingerprint density at radius 3 is 2.50 bits per heavy atom. The van der Waals surface area contributed by atoms with Crippen molar-refractivity contribution in [2.24, 2.45) is 0 Å². The highest BCUT2D eigenvalue weighted by Gasteiger charge is 2.29. The average Bonchev–Trinajstić information content (AvgIpc) is 2.32. The number of Topliss-reactive ketones (excluding diaryl/α,β-unsaturated/α-hetero) is 1. The number of carbonyl (C=O) groups is 1. The predicted octanol–water partition coefficient (Wildman–Crippen LogP) is 1.70. The van der Waals surface area contributed by atoms with Crippen molar-refractivity contribution in [3.05, 3.63) is 35.4 Å². The lowest BCUT2D eigenvalue weighted by Crippen LogP contribution is -2.25. The first-order chi connectivity index (χ1) is 8.49. The van der Waals surface area contributed by atoms with Crippen LogP contribution in [0.2, 0.25) is 0 Å². The monoisotopic (exact) mass is 244 g/mol. The first kappa shape index (κ1) is 12.5. The standard InChI is InChI=1S/C13H16N4O/c1-9(18)8-11-4-6-13(3,7-5-11)12-16-14-10(2)15-17-12/h4-6H,7-8H2,1-3H3. The molecule has 0 radical (unpaired) electrons. The minimum atomic E-state index is -0.284. The molecule has 0 fully saturated rings. The number of nitrogens with zero attached hydrogens (tertiary/aromatic N) is 4. The Labute approximate surface area is 106 Å². The number of carbonyl (C=O) groups excluding carboxylic acids is 1. The highest BCUT2D eigenvalue weighted by atomic mass is 16.1. The molecule has 1 heterocycles. The third kappa shape index (κ3) is 2.67. The number of rotatable bonds is 3. The summed E-state index contributed by atoms with van der Waals surface area (Å²) in [6.45, 7) is 5.39. The first-order valence-electron chi connectivity index (χ1n) is 5.92. The summed E-state index contributed by atoms with van der Waals surface area (Å²) in [6, 6.07) is 0. The van der Waals surface area contributed by atoms with E-state index in [1.165, 1.54) is 0 Å². The number of ketones is 1. The molecule has 1 aliphatic rings. The van der Waals surface area contributed by atoms with Crippen LogP contribution in [0.25, 0.3) is 0 Å². The molecule has 0 N–H and O–H groups in total. The van der Waals surface area contributed by atoms with E-state index in [2.05, 4.69) is 26.5 Å². The fourth-order valence-electron chi connectivity index (χ4n) is 1.86. The summed E-state index contributed by atoms with van der Waals surface area (Å²) in [5.41, 5.74) is 0.765. The second-order valence-electron chi connectivity index (χ2n) is 4.88. The molecule has 18 heavy (non-hydrogen) atoms. The molecule has 0 bridgehead atoms. The smallest absolute Gasteiger partial charge is 0.183 e. The minimum absolute atomic E-state index is 0.171. The first-order valence-corrected chi connectivity index (χ1v) is 5.92. The molecule has 94 valence electrons. The number of aromatic nitrogens is 4. The van der Waals surface area contributed by atoms with E-state index in [1.807, 2.05) is 19.1 Å². The van der Waals surface area contributed by atoms with Crippen LogP contribution in [0.15, 0.2) is 23.8 Å². The largest absolute Gasteiger partial charge is 0.300 e. The SMILES string of the molecule is CC(=O)CC1=CCC(C)(c2nnc(C)nn2)C=C1. The van der Waals surface area contributed by atoms with Gasteiger partial charge in [0.25, 0.3) is 0 Å². The van der Waals surface area contributed by atoms with Crippen molar-refractivity contribution in [2.75, 3.05) is 0 Å². The Morgan fingerprint density at radius 2 is 2.00 bits per heavy atom. The van der Waals surface area contributed by atoms with E-state index < -0.39 is 0 Å². The van der Waals surface area contributed by atoms with Crippen LogP contribution in [0.5, 0.6) is 0 Å². The molecule has 0 saturated carbocycles. The van der Waals surface area contributed by atoms with Crippen molar-refractivity contribution < 1.29 is 4.79 Å². The zero-order valence-electron chi connectivity index (χ0n) is 10.8. The molecule has 5 nitrogen and oxygen atoms in total. The van der Waals surface area contributed by atoms with Crippen LogP contribution in [0.1, 0.15) is 38.3 Å². The summed E-state index contributed by atoms with van der Waals surface area (Å²) in [4.78, 5) is 11.1. The van der Waals surface area contributed by atoms with Gasteiger partial charge in [0.2, 0.25) is 0 Å².